The maximum atomic E-state index is 12.7. The second-order valence-corrected chi connectivity index (χ2v) is 5.77. The van der Waals surface area contributed by atoms with E-state index >= 15 is 0 Å². The third kappa shape index (κ3) is 6.80. The van der Waals surface area contributed by atoms with Gasteiger partial charge in [0.15, 0.2) is 6.61 Å². The highest BCUT2D eigenvalue weighted by molar-refractivity contribution is 5.98. The maximum absolute atomic E-state index is 12.7. The Morgan fingerprint density at radius 3 is 2.48 bits per heavy atom. The minimum atomic E-state index is -4.49. The minimum absolute atomic E-state index is 0.159. The lowest BCUT2D eigenvalue weighted by atomic mass is 10.1. The Labute approximate surface area is 164 Å². The van der Waals surface area contributed by atoms with Crippen molar-refractivity contribution in [3.63, 3.8) is 0 Å². The van der Waals surface area contributed by atoms with Crippen LogP contribution in [0.3, 0.4) is 0 Å². The molecule has 2 aromatic rings. The van der Waals surface area contributed by atoms with Crippen LogP contribution in [0.5, 0.6) is 0 Å². The zero-order valence-corrected chi connectivity index (χ0v) is 15.2. The molecule has 0 aliphatic carbocycles. The molecule has 0 radical (unpaired) electrons. The summed E-state index contributed by atoms with van der Waals surface area (Å²) in [7, 11) is 1.47. The monoisotopic (exact) mass is 406 g/mol. The molecule has 2 N–H and O–H groups in total. The molecule has 0 aliphatic heterocycles. The lowest BCUT2D eigenvalue weighted by molar-refractivity contribution is -0.142. The highest BCUT2D eigenvalue weighted by atomic mass is 19.4. The summed E-state index contributed by atoms with van der Waals surface area (Å²) >= 11 is 0. The summed E-state index contributed by atoms with van der Waals surface area (Å²) < 4.78 is 42.7. The summed E-state index contributed by atoms with van der Waals surface area (Å²) in [5.41, 5.74) is -0.00315. The highest BCUT2D eigenvalue weighted by Gasteiger charge is 2.30. The van der Waals surface area contributed by atoms with Crippen molar-refractivity contribution in [1.82, 2.24) is 5.32 Å². The van der Waals surface area contributed by atoms with Crippen LogP contribution in [0.1, 0.15) is 21.5 Å². The summed E-state index contributed by atoms with van der Waals surface area (Å²) in [5.74, 6) is -1.86. The fourth-order valence-electron chi connectivity index (χ4n) is 2.25. The fraction of sp³-hybridized carbons (Fsp3) is 0.150. The van der Waals surface area contributed by atoms with Crippen molar-refractivity contribution in [3.05, 3.63) is 71.3 Å². The Kier molecular flexibility index (Phi) is 7.13. The molecule has 9 heteroatoms. The molecule has 0 fully saturated rings. The van der Waals surface area contributed by atoms with Gasteiger partial charge in [0.2, 0.25) is 0 Å². The zero-order chi connectivity index (χ0) is 21.4. The van der Waals surface area contributed by atoms with Gasteiger partial charge in [-0.15, -0.1) is 0 Å². The highest BCUT2D eigenvalue weighted by Crippen LogP contribution is 2.29. The molecule has 0 aromatic heterocycles. The van der Waals surface area contributed by atoms with Crippen molar-refractivity contribution in [2.75, 3.05) is 19.0 Å². The number of rotatable bonds is 6. The van der Waals surface area contributed by atoms with E-state index in [1.54, 1.807) is 18.2 Å². The van der Waals surface area contributed by atoms with E-state index in [2.05, 4.69) is 10.6 Å². The van der Waals surface area contributed by atoms with Gasteiger partial charge < -0.3 is 15.4 Å². The molecule has 0 saturated carbocycles. The van der Waals surface area contributed by atoms with Gasteiger partial charge in [0.25, 0.3) is 11.8 Å². The van der Waals surface area contributed by atoms with Crippen molar-refractivity contribution in [2.45, 2.75) is 6.18 Å². The van der Waals surface area contributed by atoms with Gasteiger partial charge in [-0.25, -0.2) is 4.79 Å². The van der Waals surface area contributed by atoms with Gasteiger partial charge in [-0.05, 0) is 42.0 Å². The Morgan fingerprint density at radius 1 is 1.07 bits per heavy atom. The van der Waals surface area contributed by atoms with Crippen molar-refractivity contribution < 1.29 is 32.3 Å². The van der Waals surface area contributed by atoms with Crippen LogP contribution < -0.4 is 10.6 Å². The number of benzene rings is 2. The molecule has 0 aliphatic rings. The summed E-state index contributed by atoms with van der Waals surface area (Å²) in [5, 5.41) is 4.92. The van der Waals surface area contributed by atoms with Gasteiger partial charge in [0.1, 0.15) is 0 Å². The third-order valence-corrected chi connectivity index (χ3v) is 3.61. The fourth-order valence-corrected chi connectivity index (χ4v) is 2.25. The van der Waals surface area contributed by atoms with Gasteiger partial charge in [-0.1, -0.05) is 18.2 Å². The van der Waals surface area contributed by atoms with Crippen molar-refractivity contribution in [3.8, 4) is 0 Å². The lowest BCUT2D eigenvalue weighted by Crippen LogP contribution is -2.21. The molecule has 2 amide bonds. The Morgan fingerprint density at radius 2 is 1.79 bits per heavy atom. The Bertz CT molecular complexity index is 939. The Balaban J connectivity index is 1.88. The molecule has 0 unspecified atom stereocenters. The van der Waals surface area contributed by atoms with Crippen LogP contribution in [-0.4, -0.2) is 31.4 Å². The van der Waals surface area contributed by atoms with Crippen LogP contribution in [0, 0.1) is 0 Å². The molecule has 0 bridgehead atoms. The van der Waals surface area contributed by atoms with Gasteiger partial charge in [0.05, 0.1) is 5.56 Å². The third-order valence-electron chi connectivity index (χ3n) is 3.61. The maximum Gasteiger partial charge on any atom is 0.416 e. The molecule has 152 valence electrons. The van der Waals surface area contributed by atoms with Crippen molar-refractivity contribution in [1.29, 1.82) is 0 Å². The van der Waals surface area contributed by atoms with E-state index < -0.39 is 30.2 Å². The number of hydrogen-bond donors (Lipinski definition) is 2. The molecule has 0 spiro atoms. The second-order valence-electron chi connectivity index (χ2n) is 5.77. The van der Waals surface area contributed by atoms with Crippen LogP contribution in [0.4, 0.5) is 18.9 Å². The summed E-state index contributed by atoms with van der Waals surface area (Å²) in [6.45, 7) is -0.601. The molecule has 6 nitrogen and oxygen atoms in total. The van der Waals surface area contributed by atoms with Gasteiger partial charge in [-0.3, -0.25) is 9.59 Å². The van der Waals surface area contributed by atoms with E-state index in [-0.39, 0.29) is 11.5 Å². The largest absolute Gasteiger partial charge is 0.452 e. The number of nitrogens with one attached hydrogen (secondary N) is 2. The second kappa shape index (κ2) is 9.54. The van der Waals surface area contributed by atoms with E-state index in [1.165, 1.54) is 25.2 Å². The van der Waals surface area contributed by atoms with E-state index in [0.717, 1.165) is 24.3 Å². The molecule has 29 heavy (non-hydrogen) atoms. The quantitative estimate of drug-likeness (QED) is 0.570. The zero-order valence-electron chi connectivity index (χ0n) is 15.2. The molecular weight excluding hydrogens is 389 g/mol. The van der Waals surface area contributed by atoms with Crippen molar-refractivity contribution >= 4 is 29.5 Å². The first-order valence-electron chi connectivity index (χ1n) is 8.33. The SMILES string of the molecule is CNC(=O)c1cccc(NC(=O)COC(=O)/C=C/c2cccc(C(F)(F)F)c2)c1. The van der Waals surface area contributed by atoms with E-state index in [4.69, 9.17) is 4.74 Å². The van der Waals surface area contributed by atoms with Crippen LogP contribution in [0.15, 0.2) is 54.6 Å². The predicted octanol–water partition coefficient (Wildman–Crippen LogP) is 3.26. The summed E-state index contributed by atoms with van der Waals surface area (Å²) in [4.78, 5) is 35.1. The van der Waals surface area contributed by atoms with Crippen LogP contribution in [-0.2, 0) is 20.5 Å². The molecule has 0 heterocycles. The number of alkyl halides is 3. The van der Waals surface area contributed by atoms with E-state index in [9.17, 15) is 27.6 Å². The first kappa shape index (κ1) is 21.7. The van der Waals surface area contributed by atoms with Crippen LogP contribution in [0.25, 0.3) is 6.08 Å². The predicted molar refractivity (Wildman–Crippen MR) is 99.9 cm³/mol. The van der Waals surface area contributed by atoms with Crippen LogP contribution in [0.2, 0.25) is 0 Å². The average molecular weight is 406 g/mol. The number of hydrogen-bond acceptors (Lipinski definition) is 4. The molecule has 2 rings (SSSR count). The number of anilines is 1. The minimum Gasteiger partial charge on any atom is -0.452 e. The standard InChI is InChI=1S/C20H17F3N2O4/c1-24-19(28)14-5-3-7-16(11-14)25-17(26)12-29-18(27)9-8-13-4-2-6-15(10-13)20(21,22)23/h2-11H,12H2,1H3,(H,24,28)(H,25,26)/b9-8+. The van der Waals surface area contributed by atoms with Crippen molar-refractivity contribution in [2.24, 2.45) is 0 Å². The van der Waals surface area contributed by atoms with Crippen LogP contribution >= 0.6 is 0 Å². The number of esters is 1. The van der Waals surface area contributed by atoms with Gasteiger partial charge in [0, 0.05) is 24.4 Å². The summed E-state index contributed by atoms with van der Waals surface area (Å²) in [6.07, 6.45) is -2.41. The number of carbonyl (C=O) groups is 3. The first-order chi connectivity index (χ1) is 13.7. The van der Waals surface area contributed by atoms with E-state index in [1.807, 2.05) is 0 Å². The number of carbonyl (C=O) groups excluding carboxylic acids is 3. The topological polar surface area (TPSA) is 84.5 Å². The average Bonchev–Trinajstić information content (AvgIpc) is 2.70. The van der Waals surface area contributed by atoms with Gasteiger partial charge in [-0.2, -0.15) is 13.2 Å². The molecule has 0 saturated heterocycles. The lowest BCUT2D eigenvalue weighted by Gasteiger charge is -2.07. The first-order valence-corrected chi connectivity index (χ1v) is 8.33. The number of ether oxygens (including phenoxy) is 1. The molecule has 0 atom stereocenters. The molecule has 2 aromatic carbocycles. The number of halogens is 3. The van der Waals surface area contributed by atoms with Gasteiger partial charge >= 0.3 is 12.1 Å². The summed E-state index contributed by atoms with van der Waals surface area (Å²) in [6, 6.07) is 10.6. The van der Waals surface area contributed by atoms with E-state index in [0.29, 0.717) is 11.3 Å². The Hall–Kier alpha value is -3.62. The smallest absolute Gasteiger partial charge is 0.416 e. The number of amides is 2. The normalized spacial score (nSPS) is 11.2. The molecular formula is C20H17F3N2O4.